The molecule has 0 bridgehead atoms. The minimum absolute atomic E-state index is 0.185. The van der Waals surface area contributed by atoms with E-state index < -0.39 is 0 Å². The highest BCUT2D eigenvalue weighted by atomic mass is 19.1. The van der Waals surface area contributed by atoms with Crippen LogP contribution < -0.4 is 0 Å². The zero-order valence-corrected chi connectivity index (χ0v) is 41.5. The van der Waals surface area contributed by atoms with Crippen LogP contribution in [0.5, 0.6) is 0 Å². The first-order chi connectivity index (χ1) is 31.9. The third kappa shape index (κ3) is 15.9. The van der Waals surface area contributed by atoms with Crippen molar-refractivity contribution >= 4 is 0 Å². The zero-order chi connectivity index (χ0) is 45.6. The van der Waals surface area contributed by atoms with E-state index in [9.17, 15) is 0 Å². The number of ether oxygens (including phenoxy) is 1. The van der Waals surface area contributed by atoms with Crippen molar-refractivity contribution in [3.05, 3.63) is 119 Å². The van der Waals surface area contributed by atoms with E-state index >= 15 is 8.78 Å². The maximum Gasteiger partial charge on any atom is 0.131 e. The molecule has 356 valence electrons. The Morgan fingerprint density at radius 1 is 0.415 bits per heavy atom. The standard InChI is InChI=1S/C62H88F2O/c1-5-9-11-13-15-17-19-23-49-29-37-53(38-30-49)61(55-41-43-57(59(63)45-55)51-33-25-47(21-7-3)26-34-51)65-62(54-39-31-50(32-40-54)24-20-18-16-14-12-10-6-2)56-42-44-58(60(64)46-56)52-35-27-48(22-8-4)28-36-52/h25-28,33-36,41-46,49-50,53-54,61-62H,5-24,29-32,37-40H2,1-4H3/t49-,50-,53-,54-,61?,62?. The fourth-order valence-electron chi connectivity index (χ4n) is 11.6. The molecule has 4 aromatic carbocycles. The number of hydrogen-bond acceptors (Lipinski definition) is 1. The maximum absolute atomic E-state index is 16.5. The van der Waals surface area contributed by atoms with Crippen LogP contribution in [0.15, 0.2) is 84.9 Å². The van der Waals surface area contributed by atoms with E-state index in [-0.39, 0.29) is 23.8 Å². The summed E-state index contributed by atoms with van der Waals surface area (Å²) >= 11 is 0. The molecular formula is C62H88F2O. The summed E-state index contributed by atoms with van der Waals surface area (Å²) in [7, 11) is 0. The highest BCUT2D eigenvalue weighted by Gasteiger charge is 2.36. The maximum atomic E-state index is 16.5. The quantitative estimate of drug-likeness (QED) is 0.0516. The monoisotopic (exact) mass is 887 g/mol. The van der Waals surface area contributed by atoms with Gasteiger partial charge in [0.15, 0.2) is 0 Å². The average molecular weight is 887 g/mol. The van der Waals surface area contributed by atoms with Crippen LogP contribution in [0.4, 0.5) is 8.78 Å². The topological polar surface area (TPSA) is 9.23 Å². The minimum Gasteiger partial charge on any atom is -0.365 e. The van der Waals surface area contributed by atoms with Crippen molar-refractivity contribution in [2.75, 3.05) is 0 Å². The Labute approximate surface area is 396 Å². The molecule has 0 radical (unpaired) electrons. The molecule has 4 aromatic rings. The van der Waals surface area contributed by atoms with Crippen molar-refractivity contribution in [2.24, 2.45) is 23.7 Å². The van der Waals surface area contributed by atoms with Gasteiger partial charge >= 0.3 is 0 Å². The Morgan fingerprint density at radius 2 is 0.769 bits per heavy atom. The Bertz CT molecular complexity index is 1760. The first kappa shape index (κ1) is 51.1. The number of hydrogen-bond donors (Lipinski definition) is 0. The number of unbranched alkanes of at least 4 members (excludes halogenated alkanes) is 12. The first-order valence-electron chi connectivity index (χ1n) is 27.3. The van der Waals surface area contributed by atoms with Gasteiger partial charge in [-0.15, -0.1) is 0 Å². The van der Waals surface area contributed by atoms with Gasteiger partial charge in [0.1, 0.15) is 11.6 Å². The van der Waals surface area contributed by atoms with Gasteiger partial charge in [0.25, 0.3) is 0 Å². The molecule has 1 nitrogen and oxygen atoms in total. The van der Waals surface area contributed by atoms with Crippen LogP contribution in [0.2, 0.25) is 0 Å². The van der Waals surface area contributed by atoms with E-state index in [4.69, 9.17) is 4.74 Å². The second-order valence-electron chi connectivity index (χ2n) is 20.7. The normalized spacial score (nSPS) is 19.9. The first-order valence-corrected chi connectivity index (χ1v) is 27.3. The zero-order valence-electron chi connectivity index (χ0n) is 41.5. The lowest BCUT2D eigenvalue weighted by Gasteiger charge is -2.40. The number of rotatable bonds is 28. The summed E-state index contributed by atoms with van der Waals surface area (Å²) in [5.74, 6) is 1.74. The molecular weight excluding hydrogens is 799 g/mol. The second kappa shape index (κ2) is 28.1. The highest BCUT2D eigenvalue weighted by molar-refractivity contribution is 5.66. The van der Waals surface area contributed by atoms with Crippen LogP contribution in [0.3, 0.4) is 0 Å². The molecule has 2 aliphatic rings. The van der Waals surface area contributed by atoms with E-state index in [0.29, 0.717) is 23.0 Å². The van der Waals surface area contributed by atoms with Gasteiger partial charge in [-0.2, -0.15) is 0 Å². The van der Waals surface area contributed by atoms with Gasteiger partial charge < -0.3 is 4.74 Å². The van der Waals surface area contributed by atoms with Crippen molar-refractivity contribution in [1.29, 1.82) is 0 Å². The predicted molar refractivity (Wildman–Crippen MR) is 274 cm³/mol. The SMILES string of the molecule is CCCCCCCCC[C@H]1CC[C@H](C(OC(c2ccc(-c3ccc(CCC)cc3)c(F)c2)[C@H]2CC[C@H](CCCCCCCCC)CC2)c2ccc(-c3ccc(CCC)cc3)c(F)c2)CC1. The molecule has 0 saturated heterocycles. The van der Waals surface area contributed by atoms with Gasteiger partial charge in [0.2, 0.25) is 0 Å². The molecule has 6 rings (SSSR count). The summed E-state index contributed by atoms with van der Waals surface area (Å²) in [6.45, 7) is 8.97. The molecule has 0 aromatic heterocycles. The van der Waals surface area contributed by atoms with Gasteiger partial charge in [-0.05, 0) is 108 Å². The molecule has 0 aliphatic heterocycles. The van der Waals surface area contributed by atoms with Crippen LogP contribution in [-0.4, -0.2) is 0 Å². The smallest absolute Gasteiger partial charge is 0.131 e. The van der Waals surface area contributed by atoms with E-state index in [1.54, 1.807) is 12.1 Å². The van der Waals surface area contributed by atoms with Crippen molar-refractivity contribution < 1.29 is 13.5 Å². The molecule has 65 heavy (non-hydrogen) atoms. The highest BCUT2D eigenvalue weighted by Crippen LogP contribution is 2.48. The Balaban J connectivity index is 1.24. The molecule has 2 aliphatic carbocycles. The van der Waals surface area contributed by atoms with E-state index in [2.05, 4.69) is 88.4 Å². The summed E-state index contributed by atoms with van der Waals surface area (Å²) in [6.07, 6.45) is 34.5. The molecule has 3 heteroatoms. The summed E-state index contributed by atoms with van der Waals surface area (Å²) in [6, 6.07) is 28.7. The Kier molecular flexibility index (Phi) is 22.1. The van der Waals surface area contributed by atoms with Gasteiger partial charge in [-0.3, -0.25) is 0 Å². The van der Waals surface area contributed by atoms with Crippen molar-refractivity contribution in [3.8, 4) is 22.3 Å². The molecule has 0 amide bonds. The van der Waals surface area contributed by atoms with Gasteiger partial charge in [0, 0.05) is 11.1 Å². The molecule has 2 atom stereocenters. The summed E-state index contributed by atoms with van der Waals surface area (Å²) in [4.78, 5) is 0. The van der Waals surface area contributed by atoms with Crippen LogP contribution in [0.1, 0.15) is 229 Å². The molecule has 0 N–H and O–H groups in total. The van der Waals surface area contributed by atoms with Crippen LogP contribution in [0, 0.1) is 35.3 Å². The third-order valence-corrected chi connectivity index (χ3v) is 15.6. The lowest BCUT2D eigenvalue weighted by atomic mass is 9.74. The van der Waals surface area contributed by atoms with E-state index in [1.807, 2.05) is 12.1 Å². The van der Waals surface area contributed by atoms with Gasteiger partial charge in [0.05, 0.1) is 12.2 Å². The fourth-order valence-corrected chi connectivity index (χ4v) is 11.6. The fraction of sp³-hybridized carbons (Fsp3) is 0.613. The summed E-state index contributed by atoms with van der Waals surface area (Å²) < 4.78 is 40.7. The molecule has 2 unspecified atom stereocenters. The van der Waals surface area contributed by atoms with Crippen LogP contribution >= 0.6 is 0 Å². The largest absolute Gasteiger partial charge is 0.365 e. The molecule has 0 heterocycles. The molecule has 2 fully saturated rings. The Morgan fingerprint density at radius 3 is 1.11 bits per heavy atom. The van der Waals surface area contributed by atoms with Gasteiger partial charge in [-0.1, -0.05) is 242 Å². The summed E-state index contributed by atoms with van der Waals surface area (Å²) in [5, 5.41) is 0. The minimum atomic E-state index is -0.255. The second-order valence-corrected chi connectivity index (χ2v) is 20.7. The predicted octanol–water partition coefficient (Wildman–Crippen LogP) is 19.9. The average Bonchev–Trinajstić information content (AvgIpc) is 3.33. The van der Waals surface area contributed by atoms with Gasteiger partial charge in [-0.25, -0.2) is 8.78 Å². The van der Waals surface area contributed by atoms with Crippen molar-refractivity contribution in [2.45, 2.75) is 220 Å². The number of benzene rings is 4. The third-order valence-electron chi connectivity index (χ3n) is 15.6. The number of aryl methyl sites for hydroxylation is 2. The van der Waals surface area contributed by atoms with Crippen molar-refractivity contribution in [1.82, 2.24) is 0 Å². The van der Waals surface area contributed by atoms with Crippen LogP contribution in [0.25, 0.3) is 22.3 Å². The lowest BCUT2D eigenvalue weighted by Crippen LogP contribution is -2.28. The van der Waals surface area contributed by atoms with E-state index in [0.717, 1.165) is 85.5 Å². The summed E-state index contributed by atoms with van der Waals surface area (Å²) in [5.41, 5.74) is 7.57. The molecule has 0 spiro atoms. The number of halogens is 2. The lowest BCUT2D eigenvalue weighted by molar-refractivity contribution is -0.0909. The van der Waals surface area contributed by atoms with Crippen LogP contribution in [-0.2, 0) is 17.6 Å². The molecule has 2 saturated carbocycles. The Hall–Kier alpha value is -3.30. The van der Waals surface area contributed by atoms with E-state index in [1.165, 1.54) is 140 Å². The van der Waals surface area contributed by atoms with Crippen molar-refractivity contribution in [3.63, 3.8) is 0 Å².